The van der Waals surface area contributed by atoms with Crippen molar-refractivity contribution >= 4 is 33.0 Å². The van der Waals surface area contributed by atoms with E-state index in [0.717, 1.165) is 5.69 Å². The molecule has 1 saturated heterocycles. The summed E-state index contributed by atoms with van der Waals surface area (Å²) in [4.78, 5) is 14.1. The molecule has 1 aromatic carbocycles. The molecule has 3 rings (SSSR count). The molecule has 2 heterocycles. The van der Waals surface area contributed by atoms with Gasteiger partial charge in [-0.05, 0) is 36.4 Å². The van der Waals surface area contributed by atoms with Crippen LogP contribution in [0.5, 0.6) is 0 Å². The van der Waals surface area contributed by atoms with Crippen LogP contribution in [-0.4, -0.2) is 44.9 Å². The first-order valence-electron chi connectivity index (χ1n) is 8.17. The summed E-state index contributed by atoms with van der Waals surface area (Å²) in [6.45, 7) is 1.37. The summed E-state index contributed by atoms with van der Waals surface area (Å²) in [7, 11) is -3.45. The van der Waals surface area contributed by atoms with Crippen molar-refractivity contribution < 1.29 is 13.2 Å². The lowest BCUT2D eigenvalue weighted by atomic mass is 10.1. The fourth-order valence-electron chi connectivity index (χ4n) is 2.79. The number of nitrogens with one attached hydrogen (secondary N) is 2. The molecular formula is C17H21N3O3S2. The smallest absolute Gasteiger partial charge is 0.250 e. The summed E-state index contributed by atoms with van der Waals surface area (Å²) < 4.78 is 27.6. The molecule has 0 radical (unpaired) electrons. The third kappa shape index (κ3) is 4.81. The van der Waals surface area contributed by atoms with Gasteiger partial charge in [-0.3, -0.25) is 4.79 Å². The van der Waals surface area contributed by atoms with Crippen LogP contribution in [0.4, 0.5) is 5.69 Å². The molecule has 1 amide bonds. The quantitative estimate of drug-likeness (QED) is 0.806. The maximum Gasteiger partial charge on any atom is 0.250 e. The minimum Gasteiger partial charge on any atom is -0.376 e. The van der Waals surface area contributed by atoms with Gasteiger partial charge in [0.1, 0.15) is 4.21 Å². The average molecular weight is 380 g/mol. The Bertz CT molecular complexity index is 784. The van der Waals surface area contributed by atoms with Crippen LogP contribution in [0.3, 0.4) is 0 Å². The molecule has 0 saturated carbocycles. The van der Waals surface area contributed by atoms with E-state index in [2.05, 4.69) is 10.0 Å². The van der Waals surface area contributed by atoms with E-state index in [1.807, 2.05) is 30.3 Å². The molecule has 1 aliphatic heterocycles. The molecule has 1 fully saturated rings. The maximum absolute atomic E-state index is 12.3. The van der Waals surface area contributed by atoms with Crippen molar-refractivity contribution in [1.82, 2.24) is 9.62 Å². The number of nitrogens with zero attached hydrogens (tertiary/aromatic N) is 1. The minimum absolute atomic E-state index is 0.0309. The lowest BCUT2D eigenvalue weighted by molar-refractivity contribution is -0.130. The number of hydrogen-bond acceptors (Lipinski definition) is 5. The van der Waals surface area contributed by atoms with Gasteiger partial charge in [0.25, 0.3) is 0 Å². The fourth-order valence-corrected chi connectivity index (χ4v) is 5.10. The number of rotatable bonds is 6. The largest absolute Gasteiger partial charge is 0.376 e. The Morgan fingerprint density at radius 1 is 1.12 bits per heavy atom. The molecule has 25 heavy (non-hydrogen) atoms. The van der Waals surface area contributed by atoms with E-state index in [9.17, 15) is 13.2 Å². The fraction of sp³-hybridized carbons (Fsp3) is 0.353. The zero-order valence-corrected chi connectivity index (χ0v) is 15.4. The lowest BCUT2D eigenvalue weighted by Gasteiger charge is -2.32. The zero-order valence-electron chi connectivity index (χ0n) is 13.7. The molecule has 1 aromatic heterocycles. The standard InChI is InChI=1S/C17H21N3O3S2/c21-16(13-18-14-5-2-1-3-6-14)20-10-8-15(9-11-20)19-25(22,23)17-7-4-12-24-17/h1-7,12,15,18-19H,8-11,13H2. The highest BCUT2D eigenvalue weighted by molar-refractivity contribution is 7.91. The first kappa shape index (κ1) is 17.9. The van der Waals surface area contributed by atoms with Crippen molar-refractivity contribution in [3.05, 3.63) is 47.8 Å². The predicted octanol–water partition coefficient (Wildman–Crippen LogP) is 2.13. The van der Waals surface area contributed by atoms with Gasteiger partial charge in [0.05, 0.1) is 6.54 Å². The van der Waals surface area contributed by atoms with E-state index in [0.29, 0.717) is 30.1 Å². The van der Waals surface area contributed by atoms with Crippen molar-refractivity contribution in [2.75, 3.05) is 25.0 Å². The summed E-state index contributed by atoms with van der Waals surface area (Å²) in [5.74, 6) is 0.0309. The molecule has 0 atom stereocenters. The number of para-hydroxylation sites is 1. The van der Waals surface area contributed by atoms with Gasteiger partial charge < -0.3 is 10.2 Å². The van der Waals surface area contributed by atoms with Gasteiger partial charge in [-0.2, -0.15) is 0 Å². The van der Waals surface area contributed by atoms with Gasteiger partial charge in [0.2, 0.25) is 15.9 Å². The Hall–Kier alpha value is -1.90. The highest BCUT2D eigenvalue weighted by atomic mass is 32.2. The van der Waals surface area contributed by atoms with Gasteiger partial charge in [0, 0.05) is 24.8 Å². The van der Waals surface area contributed by atoms with Crippen LogP contribution in [0.15, 0.2) is 52.1 Å². The van der Waals surface area contributed by atoms with Crippen LogP contribution >= 0.6 is 11.3 Å². The monoisotopic (exact) mass is 379 g/mol. The summed E-state index contributed by atoms with van der Waals surface area (Å²) in [6, 6.07) is 12.8. The summed E-state index contributed by atoms with van der Waals surface area (Å²) in [6.07, 6.45) is 1.25. The maximum atomic E-state index is 12.3. The Kier molecular flexibility index (Phi) is 5.72. The minimum atomic E-state index is -3.45. The van der Waals surface area contributed by atoms with Crippen molar-refractivity contribution in [2.45, 2.75) is 23.1 Å². The Morgan fingerprint density at radius 3 is 2.48 bits per heavy atom. The second-order valence-electron chi connectivity index (χ2n) is 5.93. The predicted molar refractivity (Wildman–Crippen MR) is 99.2 cm³/mol. The number of anilines is 1. The van der Waals surface area contributed by atoms with Crippen molar-refractivity contribution in [3.63, 3.8) is 0 Å². The molecule has 6 nitrogen and oxygen atoms in total. The Balaban J connectivity index is 1.46. The number of carbonyl (C=O) groups is 1. The zero-order chi connectivity index (χ0) is 17.7. The molecule has 134 valence electrons. The second kappa shape index (κ2) is 7.99. The molecule has 2 aromatic rings. The third-order valence-corrected chi connectivity index (χ3v) is 7.06. The Morgan fingerprint density at radius 2 is 1.84 bits per heavy atom. The first-order chi connectivity index (χ1) is 12.0. The number of piperidine rings is 1. The number of carbonyl (C=O) groups excluding carboxylic acids is 1. The third-order valence-electron chi connectivity index (χ3n) is 4.15. The molecule has 0 spiro atoms. The summed E-state index contributed by atoms with van der Waals surface area (Å²) >= 11 is 1.21. The summed E-state index contributed by atoms with van der Waals surface area (Å²) in [5, 5.41) is 4.85. The van der Waals surface area contributed by atoms with Gasteiger partial charge in [-0.1, -0.05) is 24.3 Å². The lowest BCUT2D eigenvalue weighted by Crippen LogP contribution is -2.47. The highest BCUT2D eigenvalue weighted by Gasteiger charge is 2.26. The van der Waals surface area contributed by atoms with Crippen LogP contribution in [0.1, 0.15) is 12.8 Å². The number of sulfonamides is 1. The van der Waals surface area contributed by atoms with E-state index < -0.39 is 10.0 Å². The highest BCUT2D eigenvalue weighted by Crippen LogP contribution is 2.19. The van der Waals surface area contributed by atoms with Gasteiger partial charge in [0.15, 0.2) is 0 Å². The van der Waals surface area contributed by atoms with E-state index in [-0.39, 0.29) is 18.5 Å². The van der Waals surface area contributed by atoms with Gasteiger partial charge >= 0.3 is 0 Å². The molecule has 8 heteroatoms. The second-order valence-corrected chi connectivity index (χ2v) is 8.82. The van der Waals surface area contributed by atoms with Crippen LogP contribution in [0, 0.1) is 0 Å². The molecule has 0 bridgehead atoms. The Labute approximate surface area is 151 Å². The average Bonchev–Trinajstić information content (AvgIpc) is 3.17. The topological polar surface area (TPSA) is 78.5 Å². The molecule has 2 N–H and O–H groups in total. The molecule has 0 unspecified atom stereocenters. The van der Waals surface area contributed by atoms with Crippen LogP contribution < -0.4 is 10.0 Å². The van der Waals surface area contributed by atoms with Gasteiger partial charge in [-0.25, -0.2) is 13.1 Å². The number of thiophene rings is 1. The van der Waals surface area contributed by atoms with E-state index in [4.69, 9.17) is 0 Å². The van der Waals surface area contributed by atoms with Crippen LogP contribution in [-0.2, 0) is 14.8 Å². The van der Waals surface area contributed by atoms with E-state index in [1.165, 1.54) is 11.3 Å². The van der Waals surface area contributed by atoms with Gasteiger partial charge in [-0.15, -0.1) is 11.3 Å². The van der Waals surface area contributed by atoms with E-state index >= 15 is 0 Å². The normalized spacial score (nSPS) is 15.9. The van der Waals surface area contributed by atoms with Crippen molar-refractivity contribution in [3.8, 4) is 0 Å². The molecule has 1 aliphatic rings. The molecular weight excluding hydrogens is 358 g/mol. The number of likely N-dealkylation sites (tertiary alicyclic amines) is 1. The first-order valence-corrected chi connectivity index (χ1v) is 10.5. The number of amides is 1. The summed E-state index contributed by atoms with van der Waals surface area (Å²) in [5.41, 5.74) is 0.912. The van der Waals surface area contributed by atoms with Crippen molar-refractivity contribution in [1.29, 1.82) is 0 Å². The van der Waals surface area contributed by atoms with Crippen LogP contribution in [0.25, 0.3) is 0 Å². The number of hydrogen-bond donors (Lipinski definition) is 2. The number of benzene rings is 1. The molecule has 0 aliphatic carbocycles. The van der Waals surface area contributed by atoms with E-state index in [1.54, 1.807) is 22.4 Å². The van der Waals surface area contributed by atoms with Crippen LogP contribution in [0.2, 0.25) is 0 Å². The van der Waals surface area contributed by atoms with Crippen molar-refractivity contribution in [2.24, 2.45) is 0 Å². The SMILES string of the molecule is O=C(CNc1ccccc1)N1CCC(NS(=O)(=O)c2cccs2)CC1.